The Morgan fingerprint density at radius 2 is 1.63 bits per heavy atom. The number of carbonyl (C=O) groups excluding carboxylic acids is 4. The van der Waals surface area contributed by atoms with E-state index >= 15 is 0 Å². The van der Waals surface area contributed by atoms with Gasteiger partial charge >= 0.3 is 11.9 Å². The zero-order valence-corrected chi connectivity index (χ0v) is 26.6. The number of rotatable bonds is 20. The van der Waals surface area contributed by atoms with Crippen LogP contribution in [0.25, 0.3) is 0 Å². The fraction of sp³-hybridized carbons (Fsp3) is 0.679. The Morgan fingerprint density at radius 1 is 0.953 bits per heavy atom. The number of nitrogens with zero attached hydrogens (tertiary/aromatic N) is 2. The lowest BCUT2D eigenvalue weighted by molar-refractivity contribution is -0.140. The Bertz CT molecular complexity index is 1110. The van der Waals surface area contributed by atoms with Gasteiger partial charge in [-0.15, -0.1) is 11.3 Å². The average Bonchev–Trinajstić information content (AvgIpc) is 3.40. The first kappa shape index (κ1) is 37.4. The molecule has 0 saturated heterocycles. The molecule has 0 aliphatic rings. The molecule has 4 atom stereocenters. The van der Waals surface area contributed by atoms with Gasteiger partial charge in [-0.25, -0.2) is 9.78 Å². The van der Waals surface area contributed by atoms with Crippen LogP contribution in [-0.4, -0.2) is 93.9 Å². The molecule has 242 valence electrons. The predicted octanol–water partition coefficient (Wildman–Crippen LogP) is 1.92. The molecule has 1 rings (SSSR count). The van der Waals surface area contributed by atoms with E-state index in [1.54, 1.807) is 13.8 Å². The Labute approximate surface area is 256 Å². The average molecular weight is 627 g/mol. The Balaban J connectivity index is 2.89. The van der Waals surface area contributed by atoms with E-state index in [9.17, 15) is 33.9 Å². The van der Waals surface area contributed by atoms with Gasteiger partial charge in [0.15, 0.2) is 5.13 Å². The van der Waals surface area contributed by atoms with E-state index in [-0.39, 0.29) is 41.5 Å². The van der Waals surface area contributed by atoms with Crippen molar-refractivity contribution in [1.29, 1.82) is 0 Å². The number of carboxylic acid groups (broad SMARTS) is 2. The highest BCUT2D eigenvalue weighted by Crippen LogP contribution is 2.18. The van der Waals surface area contributed by atoms with Crippen LogP contribution in [0.1, 0.15) is 83.6 Å². The fourth-order valence-electron chi connectivity index (χ4n) is 4.03. The van der Waals surface area contributed by atoms with E-state index < -0.39 is 54.2 Å². The first-order chi connectivity index (χ1) is 20.2. The molecule has 6 N–H and O–H groups in total. The van der Waals surface area contributed by atoms with Crippen LogP contribution in [0.2, 0.25) is 0 Å². The van der Waals surface area contributed by atoms with Gasteiger partial charge in [0.1, 0.15) is 23.8 Å². The summed E-state index contributed by atoms with van der Waals surface area (Å²) < 4.78 is 0. The molecule has 0 radical (unpaired) electrons. The van der Waals surface area contributed by atoms with Crippen LogP contribution in [0.5, 0.6) is 0 Å². The molecule has 0 aliphatic heterocycles. The number of amides is 4. The number of anilines is 1. The topological polar surface area (TPSA) is 207 Å². The summed E-state index contributed by atoms with van der Waals surface area (Å²) in [6, 6.07) is -3.26. The van der Waals surface area contributed by atoms with Gasteiger partial charge < -0.3 is 31.5 Å². The second kappa shape index (κ2) is 18.8. The SMILES string of the molecule is CCCCCN(C)CC(=O)N[C@H](C(=O)N[C@H](C(=O)Nc1nc(C(=O)N[C@@H](CCC(=O)O)C(=O)O)cs1)C(C)C)C(C)CC. The van der Waals surface area contributed by atoms with Crippen LogP contribution in [0.3, 0.4) is 0 Å². The van der Waals surface area contributed by atoms with Gasteiger partial charge in [-0.05, 0) is 38.3 Å². The molecule has 43 heavy (non-hydrogen) atoms. The molecule has 4 amide bonds. The van der Waals surface area contributed by atoms with Gasteiger partial charge in [-0.3, -0.25) is 28.9 Å². The first-order valence-corrected chi connectivity index (χ1v) is 15.4. The molecule has 15 heteroatoms. The maximum atomic E-state index is 13.3. The summed E-state index contributed by atoms with van der Waals surface area (Å²) in [5.74, 6) is -5.33. The molecule has 1 unspecified atom stereocenters. The number of thiazole rings is 1. The highest BCUT2D eigenvalue weighted by Gasteiger charge is 2.32. The third-order valence-corrected chi connectivity index (χ3v) is 7.59. The largest absolute Gasteiger partial charge is 0.481 e. The van der Waals surface area contributed by atoms with Crippen molar-refractivity contribution < 1.29 is 39.0 Å². The minimum atomic E-state index is -1.43. The van der Waals surface area contributed by atoms with Crippen LogP contribution >= 0.6 is 11.3 Å². The number of carbonyl (C=O) groups is 6. The van der Waals surface area contributed by atoms with Crippen molar-refractivity contribution in [1.82, 2.24) is 25.8 Å². The van der Waals surface area contributed by atoms with Gasteiger partial charge in [0.2, 0.25) is 17.7 Å². The zero-order chi connectivity index (χ0) is 32.7. The van der Waals surface area contributed by atoms with Crippen molar-refractivity contribution in [3.8, 4) is 0 Å². The normalized spacial score (nSPS) is 14.0. The van der Waals surface area contributed by atoms with Crippen molar-refractivity contribution in [3.63, 3.8) is 0 Å². The molecule has 0 bridgehead atoms. The molecular formula is C28H46N6O8S. The summed E-state index contributed by atoms with van der Waals surface area (Å²) in [6.07, 6.45) is 2.97. The smallest absolute Gasteiger partial charge is 0.326 e. The number of unbranched alkanes of at least 4 members (excludes halogenated alkanes) is 2. The van der Waals surface area contributed by atoms with Crippen LogP contribution in [0.4, 0.5) is 5.13 Å². The highest BCUT2D eigenvalue weighted by molar-refractivity contribution is 7.14. The van der Waals surface area contributed by atoms with E-state index in [1.807, 2.05) is 25.8 Å². The minimum absolute atomic E-state index is 0.0466. The Hall–Kier alpha value is -3.59. The van der Waals surface area contributed by atoms with Crippen LogP contribution in [0, 0.1) is 11.8 Å². The number of aliphatic carboxylic acids is 2. The van der Waals surface area contributed by atoms with Gasteiger partial charge in [0.25, 0.3) is 5.91 Å². The number of hydrogen-bond donors (Lipinski definition) is 6. The molecule has 0 spiro atoms. The number of nitrogens with one attached hydrogen (secondary N) is 4. The molecule has 14 nitrogen and oxygen atoms in total. The van der Waals surface area contributed by atoms with Crippen LogP contribution < -0.4 is 21.3 Å². The number of aromatic nitrogens is 1. The minimum Gasteiger partial charge on any atom is -0.481 e. The summed E-state index contributed by atoms with van der Waals surface area (Å²) in [6.45, 7) is 10.3. The van der Waals surface area contributed by atoms with Gasteiger partial charge in [0, 0.05) is 11.8 Å². The monoisotopic (exact) mass is 626 g/mol. The summed E-state index contributed by atoms with van der Waals surface area (Å²) in [4.78, 5) is 79.8. The third kappa shape index (κ3) is 13.5. The maximum Gasteiger partial charge on any atom is 0.326 e. The Kier molecular flexibility index (Phi) is 16.4. The van der Waals surface area contributed by atoms with Gasteiger partial charge in [0.05, 0.1) is 6.54 Å². The summed E-state index contributed by atoms with van der Waals surface area (Å²) >= 11 is 0.924. The van der Waals surface area contributed by atoms with Crippen molar-refractivity contribution in [3.05, 3.63) is 11.1 Å². The predicted molar refractivity (Wildman–Crippen MR) is 162 cm³/mol. The highest BCUT2D eigenvalue weighted by atomic mass is 32.1. The van der Waals surface area contributed by atoms with E-state index in [0.29, 0.717) is 6.42 Å². The fourth-order valence-corrected chi connectivity index (χ4v) is 4.72. The summed E-state index contributed by atoms with van der Waals surface area (Å²) in [5, 5.41) is 29.8. The van der Waals surface area contributed by atoms with Crippen LogP contribution in [0.15, 0.2) is 5.38 Å². The molecule has 0 aromatic carbocycles. The molecular weight excluding hydrogens is 580 g/mol. The van der Waals surface area contributed by atoms with Crippen molar-refractivity contribution in [2.75, 3.05) is 25.5 Å². The maximum absolute atomic E-state index is 13.3. The molecule has 0 aliphatic carbocycles. The molecule has 1 aromatic heterocycles. The van der Waals surface area contributed by atoms with E-state index in [4.69, 9.17) is 5.11 Å². The molecule has 0 fully saturated rings. The standard InChI is InChI=1S/C28H46N6O8S/c1-7-9-10-13-34(6)14-20(35)31-23(17(5)8-2)26(40)32-22(16(3)4)25(39)33-28-30-19(15-43-28)24(38)29-18(27(41)42)11-12-21(36)37/h15-18,22-23H,7-14H2,1-6H3,(H,29,38)(H,31,35)(H,32,40)(H,36,37)(H,41,42)(H,30,33,39)/t17?,18-,22-,23-/m0/s1. The number of likely N-dealkylation sites (N-methyl/N-ethyl adjacent to an activating group) is 1. The number of carboxylic acids is 2. The summed E-state index contributed by atoms with van der Waals surface area (Å²) in [7, 11) is 1.85. The zero-order valence-electron chi connectivity index (χ0n) is 25.8. The van der Waals surface area contributed by atoms with Crippen molar-refractivity contribution in [2.24, 2.45) is 11.8 Å². The summed E-state index contributed by atoms with van der Waals surface area (Å²) in [5.41, 5.74) is -0.161. The van der Waals surface area contributed by atoms with E-state index in [1.165, 1.54) is 5.38 Å². The number of hydrogen-bond acceptors (Lipinski definition) is 9. The van der Waals surface area contributed by atoms with Crippen molar-refractivity contribution >= 4 is 52.0 Å². The lowest BCUT2D eigenvalue weighted by Crippen LogP contribution is -2.57. The lowest BCUT2D eigenvalue weighted by atomic mass is 9.96. The van der Waals surface area contributed by atoms with Crippen LogP contribution in [-0.2, 0) is 24.0 Å². The molecule has 0 saturated carbocycles. The molecule has 1 heterocycles. The lowest BCUT2D eigenvalue weighted by Gasteiger charge is -2.28. The quantitative estimate of drug-likeness (QED) is 0.116. The van der Waals surface area contributed by atoms with Crippen molar-refractivity contribution in [2.45, 2.75) is 91.3 Å². The first-order valence-electron chi connectivity index (χ1n) is 14.5. The Morgan fingerprint density at radius 3 is 2.19 bits per heavy atom. The second-order valence-electron chi connectivity index (χ2n) is 10.9. The third-order valence-electron chi connectivity index (χ3n) is 6.83. The molecule has 1 aromatic rings. The van der Waals surface area contributed by atoms with E-state index in [2.05, 4.69) is 33.2 Å². The van der Waals surface area contributed by atoms with Gasteiger partial charge in [-0.1, -0.05) is 53.9 Å². The van der Waals surface area contributed by atoms with Gasteiger partial charge in [-0.2, -0.15) is 0 Å². The van der Waals surface area contributed by atoms with E-state index in [0.717, 1.165) is 37.1 Å². The second-order valence-corrected chi connectivity index (χ2v) is 11.8.